The number of hydrogen-bond donors (Lipinski definition) is 1. The molecule has 7 heteroatoms. The van der Waals surface area contributed by atoms with Crippen LogP contribution in [0.15, 0.2) is 47.4 Å². The fourth-order valence-electron chi connectivity index (χ4n) is 3.56. The van der Waals surface area contributed by atoms with Crippen molar-refractivity contribution in [3.8, 4) is 5.75 Å². The smallest absolute Gasteiger partial charge is 0.240 e. The third-order valence-electron chi connectivity index (χ3n) is 5.00. The van der Waals surface area contributed by atoms with Crippen molar-refractivity contribution in [1.29, 1.82) is 0 Å². The van der Waals surface area contributed by atoms with E-state index in [2.05, 4.69) is 21.8 Å². The van der Waals surface area contributed by atoms with Crippen LogP contribution in [0.25, 0.3) is 0 Å². The van der Waals surface area contributed by atoms with Crippen molar-refractivity contribution >= 4 is 21.6 Å². The molecular formula is C20H25ClN2O3S. The summed E-state index contributed by atoms with van der Waals surface area (Å²) in [5.41, 5.74) is 1.92. The van der Waals surface area contributed by atoms with E-state index in [1.165, 1.54) is 11.6 Å². The second-order valence-electron chi connectivity index (χ2n) is 6.77. The lowest BCUT2D eigenvalue weighted by molar-refractivity contribution is 0.261. The minimum Gasteiger partial charge on any atom is -0.497 e. The Bertz CT molecular complexity index is 885. The molecule has 5 nitrogen and oxygen atoms in total. The van der Waals surface area contributed by atoms with Crippen molar-refractivity contribution in [3.63, 3.8) is 0 Å². The van der Waals surface area contributed by atoms with Crippen LogP contribution in [0, 0.1) is 6.92 Å². The van der Waals surface area contributed by atoms with Gasteiger partial charge in [-0.1, -0.05) is 29.8 Å². The number of halogens is 1. The largest absolute Gasteiger partial charge is 0.497 e. The van der Waals surface area contributed by atoms with Crippen LogP contribution in [0.4, 0.5) is 0 Å². The molecule has 0 spiro atoms. The Balaban J connectivity index is 1.62. The first-order valence-electron chi connectivity index (χ1n) is 9.04. The molecule has 0 aliphatic carbocycles. The van der Waals surface area contributed by atoms with Crippen LogP contribution in [0.5, 0.6) is 5.75 Å². The van der Waals surface area contributed by atoms with Gasteiger partial charge >= 0.3 is 0 Å². The molecule has 2 aromatic rings. The highest BCUT2D eigenvalue weighted by molar-refractivity contribution is 7.89. The van der Waals surface area contributed by atoms with Gasteiger partial charge in [0.1, 0.15) is 5.75 Å². The molecule has 146 valence electrons. The van der Waals surface area contributed by atoms with E-state index < -0.39 is 10.0 Å². The molecule has 2 aromatic carbocycles. The van der Waals surface area contributed by atoms with Crippen LogP contribution in [0.2, 0.25) is 5.02 Å². The van der Waals surface area contributed by atoms with E-state index in [1.807, 2.05) is 12.1 Å². The third-order valence-corrected chi connectivity index (χ3v) is 6.83. The van der Waals surface area contributed by atoms with Gasteiger partial charge in [0, 0.05) is 24.2 Å². The Morgan fingerprint density at radius 3 is 2.67 bits per heavy atom. The third kappa shape index (κ3) is 4.82. The van der Waals surface area contributed by atoms with E-state index in [0.717, 1.165) is 25.1 Å². The van der Waals surface area contributed by atoms with Gasteiger partial charge in [-0.25, -0.2) is 13.1 Å². The van der Waals surface area contributed by atoms with Crippen LogP contribution in [-0.4, -0.2) is 40.1 Å². The first kappa shape index (κ1) is 20.1. The Kier molecular flexibility index (Phi) is 6.42. The molecule has 0 saturated carbocycles. The number of rotatable bonds is 7. The number of sulfonamides is 1. The zero-order valence-corrected chi connectivity index (χ0v) is 17.2. The zero-order chi connectivity index (χ0) is 19.4. The van der Waals surface area contributed by atoms with Gasteiger partial charge in [-0.15, -0.1) is 0 Å². The standard InChI is InChI=1S/C20H25ClN2O3S/c1-15-5-8-17(21)14-20(15)27(24,25)22-11-13-23-12-3-4-19(23)16-6-9-18(26-2)10-7-16/h5-10,14,19,22H,3-4,11-13H2,1-2H3. The molecular weight excluding hydrogens is 384 g/mol. The topological polar surface area (TPSA) is 58.6 Å². The first-order valence-corrected chi connectivity index (χ1v) is 10.9. The number of ether oxygens (including phenoxy) is 1. The Morgan fingerprint density at radius 2 is 1.96 bits per heavy atom. The number of methoxy groups -OCH3 is 1. The van der Waals surface area contributed by atoms with Crippen molar-refractivity contribution in [2.24, 2.45) is 0 Å². The van der Waals surface area contributed by atoms with Gasteiger partial charge in [-0.3, -0.25) is 4.90 Å². The molecule has 1 atom stereocenters. The lowest BCUT2D eigenvalue weighted by Gasteiger charge is -2.25. The molecule has 0 radical (unpaired) electrons. The van der Waals surface area contributed by atoms with E-state index in [1.54, 1.807) is 26.2 Å². The average molecular weight is 409 g/mol. The Morgan fingerprint density at radius 1 is 1.22 bits per heavy atom. The van der Waals surface area contributed by atoms with Crippen LogP contribution in [0.1, 0.15) is 30.0 Å². The summed E-state index contributed by atoms with van der Waals surface area (Å²) in [5.74, 6) is 0.841. The normalized spacial score (nSPS) is 18.0. The highest BCUT2D eigenvalue weighted by atomic mass is 35.5. The number of hydrogen-bond acceptors (Lipinski definition) is 4. The van der Waals surface area contributed by atoms with Crippen LogP contribution < -0.4 is 9.46 Å². The van der Waals surface area contributed by atoms with E-state index in [0.29, 0.717) is 29.7 Å². The average Bonchev–Trinajstić information content (AvgIpc) is 3.12. The number of nitrogens with zero attached hydrogens (tertiary/aromatic N) is 1. The van der Waals surface area contributed by atoms with Gasteiger partial charge < -0.3 is 4.74 Å². The predicted octanol–water partition coefficient (Wildman–Crippen LogP) is 3.77. The van der Waals surface area contributed by atoms with E-state index in [4.69, 9.17) is 16.3 Å². The summed E-state index contributed by atoms with van der Waals surface area (Å²) < 4.78 is 33.1. The van der Waals surface area contributed by atoms with Gasteiger partial charge in [0.25, 0.3) is 0 Å². The van der Waals surface area contributed by atoms with Crippen molar-refractivity contribution in [3.05, 3.63) is 58.6 Å². The molecule has 1 fully saturated rings. The lowest BCUT2D eigenvalue weighted by Crippen LogP contribution is -2.35. The van der Waals surface area contributed by atoms with E-state index >= 15 is 0 Å². The molecule has 0 aromatic heterocycles. The first-order chi connectivity index (χ1) is 12.9. The molecule has 1 unspecified atom stereocenters. The maximum atomic E-state index is 12.6. The molecule has 27 heavy (non-hydrogen) atoms. The van der Waals surface area contributed by atoms with Gasteiger partial charge in [-0.2, -0.15) is 0 Å². The number of likely N-dealkylation sites (tertiary alicyclic amines) is 1. The quantitative estimate of drug-likeness (QED) is 0.757. The van der Waals surface area contributed by atoms with Crippen molar-refractivity contribution in [1.82, 2.24) is 9.62 Å². The summed E-state index contributed by atoms with van der Waals surface area (Å²) in [5, 5.41) is 0.417. The van der Waals surface area contributed by atoms with Crippen molar-refractivity contribution in [2.45, 2.75) is 30.7 Å². The minimum absolute atomic E-state index is 0.239. The molecule has 1 N–H and O–H groups in total. The summed E-state index contributed by atoms with van der Waals surface area (Å²) >= 11 is 5.96. The maximum Gasteiger partial charge on any atom is 0.240 e. The van der Waals surface area contributed by atoms with E-state index in [-0.39, 0.29) is 4.90 Å². The van der Waals surface area contributed by atoms with Gasteiger partial charge in [0.05, 0.1) is 12.0 Å². The van der Waals surface area contributed by atoms with Gasteiger partial charge in [0.15, 0.2) is 0 Å². The summed E-state index contributed by atoms with van der Waals surface area (Å²) in [6.45, 7) is 3.76. The molecule has 3 rings (SSSR count). The maximum absolute atomic E-state index is 12.6. The van der Waals surface area contributed by atoms with Crippen LogP contribution in [-0.2, 0) is 10.0 Å². The number of nitrogens with one attached hydrogen (secondary N) is 1. The lowest BCUT2D eigenvalue weighted by atomic mass is 10.0. The SMILES string of the molecule is COc1ccc(C2CCCN2CCNS(=O)(=O)c2cc(Cl)ccc2C)cc1. The molecule has 1 saturated heterocycles. The fourth-order valence-corrected chi connectivity index (χ4v) is 5.09. The van der Waals surface area contributed by atoms with Crippen molar-refractivity contribution < 1.29 is 13.2 Å². The predicted molar refractivity (Wildman–Crippen MR) is 108 cm³/mol. The summed E-state index contributed by atoms with van der Waals surface area (Å²) in [6.07, 6.45) is 2.18. The highest BCUT2D eigenvalue weighted by Gasteiger charge is 2.26. The second kappa shape index (κ2) is 8.61. The monoisotopic (exact) mass is 408 g/mol. The molecule has 0 amide bonds. The summed E-state index contributed by atoms with van der Waals surface area (Å²) in [4.78, 5) is 2.57. The Hall–Kier alpha value is -1.60. The number of benzene rings is 2. The van der Waals surface area contributed by atoms with Crippen molar-refractivity contribution in [2.75, 3.05) is 26.7 Å². The van der Waals surface area contributed by atoms with Crippen LogP contribution in [0.3, 0.4) is 0 Å². The van der Waals surface area contributed by atoms with Gasteiger partial charge in [0.2, 0.25) is 10.0 Å². The summed E-state index contributed by atoms with van der Waals surface area (Å²) in [6, 6.07) is 13.3. The molecule has 1 aliphatic rings. The minimum atomic E-state index is -3.57. The second-order valence-corrected chi connectivity index (χ2v) is 8.95. The zero-order valence-electron chi connectivity index (χ0n) is 15.6. The molecule has 1 heterocycles. The highest BCUT2D eigenvalue weighted by Crippen LogP contribution is 2.32. The van der Waals surface area contributed by atoms with E-state index in [9.17, 15) is 8.42 Å². The van der Waals surface area contributed by atoms with Gasteiger partial charge in [-0.05, 0) is 61.7 Å². The van der Waals surface area contributed by atoms with Crippen LogP contribution >= 0.6 is 11.6 Å². The fraction of sp³-hybridized carbons (Fsp3) is 0.400. The summed E-state index contributed by atoms with van der Waals surface area (Å²) in [7, 11) is -1.92. The molecule has 1 aliphatic heterocycles. The molecule has 0 bridgehead atoms. The number of aryl methyl sites for hydroxylation is 1. The Labute approximate surface area is 166 Å².